The van der Waals surface area contributed by atoms with Crippen LogP contribution in [0, 0.1) is 5.92 Å². The SMILES string of the molecule is CNC(=O)C1CN(C)CCN(C(=O)CN2CCOCC2)C1. The molecule has 0 aromatic rings. The normalized spacial score (nSPS) is 25.4. The van der Waals surface area contributed by atoms with Crippen LogP contribution < -0.4 is 5.32 Å². The largest absolute Gasteiger partial charge is 0.379 e. The fraction of sp³-hybridized carbons (Fsp3) is 0.857. The third-order valence-corrected chi connectivity index (χ3v) is 4.16. The Morgan fingerprint density at radius 2 is 1.86 bits per heavy atom. The maximum atomic E-state index is 12.5. The van der Waals surface area contributed by atoms with Crippen LogP contribution >= 0.6 is 0 Å². The Kier molecular flexibility index (Phi) is 5.96. The fourth-order valence-corrected chi connectivity index (χ4v) is 2.82. The number of hydrogen-bond donors (Lipinski definition) is 1. The third kappa shape index (κ3) is 4.66. The molecule has 120 valence electrons. The Hall–Kier alpha value is -1.18. The first-order valence-corrected chi connectivity index (χ1v) is 7.58. The van der Waals surface area contributed by atoms with Crippen molar-refractivity contribution in [2.45, 2.75) is 0 Å². The van der Waals surface area contributed by atoms with E-state index in [1.54, 1.807) is 7.05 Å². The Balaban J connectivity index is 1.93. The summed E-state index contributed by atoms with van der Waals surface area (Å²) in [5.41, 5.74) is 0. The van der Waals surface area contributed by atoms with E-state index in [-0.39, 0.29) is 17.7 Å². The van der Waals surface area contributed by atoms with Gasteiger partial charge in [-0.15, -0.1) is 0 Å². The van der Waals surface area contributed by atoms with Crippen molar-refractivity contribution in [3.63, 3.8) is 0 Å². The van der Waals surface area contributed by atoms with Gasteiger partial charge in [0, 0.05) is 46.3 Å². The lowest BCUT2D eigenvalue weighted by atomic mass is 10.1. The summed E-state index contributed by atoms with van der Waals surface area (Å²) >= 11 is 0. The second-order valence-corrected chi connectivity index (χ2v) is 5.80. The average Bonchev–Trinajstić information content (AvgIpc) is 2.69. The number of morpholine rings is 1. The first-order valence-electron chi connectivity index (χ1n) is 7.58. The van der Waals surface area contributed by atoms with Gasteiger partial charge in [-0.3, -0.25) is 14.5 Å². The minimum Gasteiger partial charge on any atom is -0.379 e. The van der Waals surface area contributed by atoms with Gasteiger partial charge in [-0.25, -0.2) is 0 Å². The van der Waals surface area contributed by atoms with Crippen LogP contribution in [0.4, 0.5) is 0 Å². The van der Waals surface area contributed by atoms with Gasteiger partial charge in [-0.05, 0) is 7.05 Å². The van der Waals surface area contributed by atoms with Crippen LogP contribution in [-0.2, 0) is 14.3 Å². The number of rotatable bonds is 3. The highest BCUT2D eigenvalue weighted by Crippen LogP contribution is 2.10. The minimum atomic E-state index is -0.156. The van der Waals surface area contributed by atoms with Crippen molar-refractivity contribution in [3.05, 3.63) is 0 Å². The molecular formula is C14H26N4O3. The number of hydrogen-bond acceptors (Lipinski definition) is 5. The topological polar surface area (TPSA) is 65.1 Å². The second-order valence-electron chi connectivity index (χ2n) is 5.80. The van der Waals surface area contributed by atoms with Crippen LogP contribution in [-0.4, -0.2) is 99.6 Å². The molecule has 0 bridgehead atoms. The highest BCUT2D eigenvalue weighted by atomic mass is 16.5. The molecule has 2 heterocycles. The summed E-state index contributed by atoms with van der Waals surface area (Å²) in [5.74, 6) is -0.0369. The summed E-state index contributed by atoms with van der Waals surface area (Å²) in [4.78, 5) is 30.5. The zero-order valence-corrected chi connectivity index (χ0v) is 13.0. The molecule has 2 saturated heterocycles. The van der Waals surface area contributed by atoms with E-state index in [4.69, 9.17) is 4.74 Å². The molecule has 2 rings (SSSR count). The number of carbonyl (C=O) groups is 2. The Bertz CT molecular complexity index is 371. The molecule has 21 heavy (non-hydrogen) atoms. The smallest absolute Gasteiger partial charge is 0.236 e. The van der Waals surface area contributed by atoms with Crippen molar-refractivity contribution >= 4 is 11.8 Å². The molecule has 7 nitrogen and oxygen atoms in total. The molecule has 1 atom stereocenters. The van der Waals surface area contributed by atoms with E-state index < -0.39 is 0 Å². The molecule has 0 aromatic carbocycles. The lowest BCUT2D eigenvalue weighted by Gasteiger charge is -2.29. The molecule has 2 fully saturated rings. The molecule has 0 aromatic heterocycles. The quantitative estimate of drug-likeness (QED) is 0.684. The van der Waals surface area contributed by atoms with E-state index in [1.807, 2.05) is 11.9 Å². The van der Waals surface area contributed by atoms with E-state index in [1.165, 1.54) is 0 Å². The number of ether oxygens (including phenoxy) is 1. The van der Waals surface area contributed by atoms with E-state index in [0.717, 1.165) is 19.6 Å². The van der Waals surface area contributed by atoms with Crippen LogP contribution in [0.25, 0.3) is 0 Å². The molecule has 2 aliphatic rings. The Morgan fingerprint density at radius 3 is 2.52 bits per heavy atom. The van der Waals surface area contributed by atoms with E-state index >= 15 is 0 Å². The first kappa shape index (κ1) is 16.2. The van der Waals surface area contributed by atoms with Crippen molar-refractivity contribution in [1.29, 1.82) is 0 Å². The zero-order valence-electron chi connectivity index (χ0n) is 13.0. The first-order chi connectivity index (χ1) is 10.1. The summed E-state index contributed by atoms with van der Waals surface area (Å²) in [5, 5.41) is 2.69. The number of nitrogens with zero attached hydrogens (tertiary/aromatic N) is 3. The number of likely N-dealkylation sites (N-methyl/N-ethyl adjacent to an activating group) is 1. The van der Waals surface area contributed by atoms with Crippen molar-refractivity contribution in [1.82, 2.24) is 20.0 Å². The van der Waals surface area contributed by atoms with Crippen LogP contribution in [0.15, 0.2) is 0 Å². The molecule has 2 aliphatic heterocycles. The van der Waals surface area contributed by atoms with E-state index in [9.17, 15) is 9.59 Å². The molecule has 0 aliphatic carbocycles. The average molecular weight is 298 g/mol. The summed E-state index contributed by atoms with van der Waals surface area (Å²) in [6.45, 7) is 6.11. The van der Waals surface area contributed by atoms with Crippen LogP contribution in [0.2, 0.25) is 0 Å². The van der Waals surface area contributed by atoms with Gasteiger partial charge in [-0.2, -0.15) is 0 Å². The molecular weight excluding hydrogens is 272 g/mol. The molecule has 0 radical (unpaired) electrons. The van der Waals surface area contributed by atoms with E-state index in [2.05, 4.69) is 15.1 Å². The van der Waals surface area contributed by atoms with Gasteiger partial charge < -0.3 is 19.9 Å². The third-order valence-electron chi connectivity index (χ3n) is 4.16. The predicted molar refractivity (Wildman–Crippen MR) is 78.9 cm³/mol. The minimum absolute atomic E-state index is 0.00734. The van der Waals surface area contributed by atoms with Crippen molar-refractivity contribution in [2.75, 3.05) is 73.1 Å². The molecule has 1 N–H and O–H groups in total. The number of carbonyl (C=O) groups excluding carboxylic acids is 2. The fourth-order valence-electron chi connectivity index (χ4n) is 2.82. The highest BCUT2D eigenvalue weighted by molar-refractivity contribution is 5.81. The van der Waals surface area contributed by atoms with Gasteiger partial charge in [0.05, 0.1) is 25.7 Å². The summed E-state index contributed by atoms with van der Waals surface area (Å²) < 4.78 is 5.30. The lowest BCUT2D eigenvalue weighted by Crippen LogP contribution is -2.47. The summed E-state index contributed by atoms with van der Waals surface area (Å²) in [6, 6.07) is 0. The summed E-state index contributed by atoms with van der Waals surface area (Å²) in [7, 11) is 3.64. The van der Waals surface area contributed by atoms with Crippen LogP contribution in [0.1, 0.15) is 0 Å². The molecule has 0 spiro atoms. The van der Waals surface area contributed by atoms with Gasteiger partial charge in [0.25, 0.3) is 0 Å². The van der Waals surface area contributed by atoms with Crippen molar-refractivity contribution < 1.29 is 14.3 Å². The van der Waals surface area contributed by atoms with Gasteiger partial charge >= 0.3 is 0 Å². The van der Waals surface area contributed by atoms with Gasteiger partial charge in [0.1, 0.15) is 0 Å². The highest BCUT2D eigenvalue weighted by Gasteiger charge is 2.29. The van der Waals surface area contributed by atoms with Crippen LogP contribution in [0.3, 0.4) is 0 Å². The van der Waals surface area contributed by atoms with Gasteiger partial charge in [0.2, 0.25) is 11.8 Å². The van der Waals surface area contributed by atoms with Crippen molar-refractivity contribution in [2.24, 2.45) is 5.92 Å². The standard InChI is InChI=1S/C14H26N4O3/c1-15-14(20)12-9-16(2)3-4-18(10-12)13(19)11-17-5-7-21-8-6-17/h12H,3-11H2,1-2H3,(H,15,20). The predicted octanol–water partition coefficient (Wildman–Crippen LogP) is -1.55. The summed E-state index contributed by atoms with van der Waals surface area (Å²) in [6.07, 6.45) is 0. The Morgan fingerprint density at radius 1 is 1.14 bits per heavy atom. The molecule has 2 amide bonds. The maximum Gasteiger partial charge on any atom is 0.236 e. The lowest BCUT2D eigenvalue weighted by molar-refractivity contribution is -0.134. The van der Waals surface area contributed by atoms with Gasteiger partial charge in [-0.1, -0.05) is 0 Å². The van der Waals surface area contributed by atoms with Crippen LogP contribution in [0.5, 0.6) is 0 Å². The van der Waals surface area contributed by atoms with Crippen molar-refractivity contribution in [3.8, 4) is 0 Å². The Labute approximate surface area is 126 Å². The molecule has 7 heteroatoms. The number of nitrogens with one attached hydrogen (secondary N) is 1. The molecule has 0 saturated carbocycles. The zero-order chi connectivity index (χ0) is 15.2. The van der Waals surface area contributed by atoms with E-state index in [0.29, 0.717) is 39.4 Å². The second kappa shape index (κ2) is 7.72. The molecule has 1 unspecified atom stereocenters. The maximum absolute atomic E-state index is 12.5. The number of amides is 2. The van der Waals surface area contributed by atoms with Gasteiger partial charge in [0.15, 0.2) is 0 Å². The monoisotopic (exact) mass is 298 g/mol.